The predicted octanol–water partition coefficient (Wildman–Crippen LogP) is 1.39. The Morgan fingerprint density at radius 3 is 2.74 bits per heavy atom. The summed E-state index contributed by atoms with van der Waals surface area (Å²) in [6.45, 7) is 0.281. The van der Waals surface area contributed by atoms with Crippen LogP contribution in [0.2, 0.25) is 0 Å². The highest BCUT2D eigenvalue weighted by Gasteiger charge is 2.23. The molecule has 0 heterocycles. The van der Waals surface area contributed by atoms with Crippen molar-refractivity contribution in [2.24, 2.45) is 5.92 Å². The minimum Gasteiger partial charge on any atom is -0.491 e. The maximum absolute atomic E-state index is 12.0. The third-order valence-electron chi connectivity index (χ3n) is 3.41. The van der Waals surface area contributed by atoms with E-state index in [1.807, 2.05) is 0 Å². The lowest BCUT2D eigenvalue weighted by Crippen LogP contribution is -2.18. The number of nitrogens with one attached hydrogen (secondary N) is 1. The van der Waals surface area contributed by atoms with Gasteiger partial charge in [0.2, 0.25) is 10.0 Å². The summed E-state index contributed by atoms with van der Waals surface area (Å²) in [4.78, 5) is 11.6. The van der Waals surface area contributed by atoms with Crippen LogP contribution in [0.4, 0.5) is 5.69 Å². The summed E-state index contributed by atoms with van der Waals surface area (Å²) in [6, 6.07) is 4.42. The standard InChI is InChI=1S/C15H21NO6S/c1-21-15(18)12-5-6-13(16-23(19,20)8-2-7-17)14(9-12)22-10-11-3-4-11/h5-6,9,11,16-17H,2-4,7-8,10H2,1H3. The monoisotopic (exact) mass is 343 g/mol. The van der Waals surface area contributed by atoms with Gasteiger partial charge in [-0.1, -0.05) is 0 Å². The van der Waals surface area contributed by atoms with E-state index < -0.39 is 16.0 Å². The number of esters is 1. The van der Waals surface area contributed by atoms with Crippen molar-refractivity contribution < 1.29 is 27.8 Å². The maximum Gasteiger partial charge on any atom is 0.337 e. The molecule has 1 fully saturated rings. The number of aliphatic hydroxyl groups excluding tert-OH is 1. The summed E-state index contributed by atoms with van der Waals surface area (Å²) < 4.78 is 36.7. The Morgan fingerprint density at radius 1 is 1.39 bits per heavy atom. The third kappa shape index (κ3) is 5.40. The van der Waals surface area contributed by atoms with Crippen molar-refractivity contribution in [1.29, 1.82) is 0 Å². The number of aliphatic hydroxyl groups is 1. The zero-order valence-corrected chi connectivity index (χ0v) is 13.8. The molecular weight excluding hydrogens is 322 g/mol. The lowest BCUT2D eigenvalue weighted by molar-refractivity contribution is 0.0600. The van der Waals surface area contributed by atoms with E-state index in [-0.39, 0.29) is 30.0 Å². The van der Waals surface area contributed by atoms with Gasteiger partial charge in [0, 0.05) is 6.61 Å². The van der Waals surface area contributed by atoms with Crippen molar-refractivity contribution in [2.45, 2.75) is 19.3 Å². The number of hydrogen-bond donors (Lipinski definition) is 2. The fourth-order valence-corrected chi connectivity index (χ4v) is 3.05. The highest BCUT2D eigenvalue weighted by Crippen LogP contribution is 2.33. The molecular formula is C15H21NO6S. The number of ether oxygens (including phenoxy) is 2. The van der Waals surface area contributed by atoms with Crippen LogP contribution in [-0.4, -0.2) is 45.6 Å². The molecule has 2 N–H and O–H groups in total. The summed E-state index contributed by atoms with van der Waals surface area (Å²) in [5.41, 5.74) is 0.563. The van der Waals surface area contributed by atoms with Crippen LogP contribution in [0, 0.1) is 5.92 Å². The number of anilines is 1. The Hall–Kier alpha value is -1.80. The van der Waals surface area contributed by atoms with E-state index in [1.165, 1.54) is 25.3 Å². The first-order chi connectivity index (χ1) is 10.9. The fourth-order valence-electron chi connectivity index (χ4n) is 1.94. The molecule has 1 aromatic rings. The number of benzene rings is 1. The number of carbonyl (C=O) groups excluding carboxylic acids is 1. The van der Waals surface area contributed by atoms with Gasteiger partial charge in [0.1, 0.15) is 5.75 Å². The number of hydrogen-bond acceptors (Lipinski definition) is 6. The summed E-state index contributed by atoms with van der Waals surface area (Å²) in [5, 5.41) is 8.76. The third-order valence-corrected chi connectivity index (χ3v) is 4.77. The lowest BCUT2D eigenvalue weighted by Gasteiger charge is -2.14. The van der Waals surface area contributed by atoms with Crippen LogP contribution in [0.15, 0.2) is 18.2 Å². The number of rotatable bonds is 9. The molecule has 0 spiro atoms. The molecule has 7 nitrogen and oxygen atoms in total. The zero-order chi connectivity index (χ0) is 16.9. The SMILES string of the molecule is COC(=O)c1ccc(NS(=O)(=O)CCCO)c(OCC2CC2)c1. The molecule has 0 aromatic heterocycles. The van der Waals surface area contributed by atoms with Crippen molar-refractivity contribution >= 4 is 21.7 Å². The molecule has 0 saturated heterocycles. The van der Waals surface area contributed by atoms with Crippen molar-refractivity contribution in [3.05, 3.63) is 23.8 Å². The van der Waals surface area contributed by atoms with Crippen molar-refractivity contribution in [3.8, 4) is 5.75 Å². The second-order valence-electron chi connectivity index (χ2n) is 5.45. The van der Waals surface area contributed by atoms with Gasteiger partial charge in [0.25, 0.3) is 0 Å². The zero-order valence-electron chi connectivity index (χ0n) is 12.9. The van der Waals surface area contributed by atoms with Crippen molar-refractivity contribution in [2.75, 3.05) is 30.8 Å². The largest absolute Gasteiger partial charge is 0.491 e. The number of methoxy groups -OCH3 is 1. The van der Waals surface area contributed by atoms with Crippen LogP contribution in [-0.2, 0) is 14.8 Å². The topological polar surface area (TPSA) is 102 Å². The average molecular weight is 343 g/mol. The highest BCUT2D eigenvalue weighted by molar-refractivity contribution is 7.92. The van der Waals surface area contributed by atoms with E-state index in [1.54, 1.807) is 0 Å². The van der Waals surface area contributed by atoms with Gasteiger partial charge < -0.3 is 14.6 Å². The molecule has 128 valence electrons. The number of sulfonamides is 1. The normalized spacial score (nSPS) is 14.3. The van der Waals surface area contributed by atoms with Crippen LogP contribution < -0.4 is 9.46 Å². The van der Waals surface area contributed by atoms with E-state index in [0.717, 1.165) is 12.8 Å². The lowest BCUT2D eigenvalue weighted by atomic mass is 10.2. The maximum atomic E-state index is 12.0. The van der Waals surface area contributed by atoms with Crippen LogP contribution in [0.25, 0.3) is 0 Å². The molecule has 1 aliphatic carbocycles. The van der Waals surface area contributed by atoms with E-state index in [2.05, 4.69) is 9.46 Å². The van der Waals surface area contributed by atoms with Gasteiger partial charge >= 0.3 is 5.97 Å². The van der Waals surface area contributed by atoms with E-state index >= 15 is 0 Å². The van der Waals surface area contributed by atoms with Gasteiger partial charge in [-0.3, -0.25) is 4.72 Å². The van der Waals surface area contributed by atoms with Gasteiger partial charge in [0.05, 0.1) is 30.7 Å². The van der Waals surface area contributed by atoms with Gasteiger partial charge in [-0.2, -0.15) is 0 Å². The molecule has 0 bridgehead atoms. The smallest absolute Gasteiger partial charge is 0.337 e. The minimum absolute atomic E-state index is 0.147. The Labute approximate surface area is 135 Å². The number of carbonyl (C=O) groups is 1. The van der Waals surface area contributed by atoms with E-state index in [0.29, 0.717) is 18.3 Å². The summed E-state index contributed by atoms with van der Waals surface area (Å²) in [6.07, 6.45) is 2.33. The van der Waals surface area contributed by atoms with Crippen molar-refractivity contribution in [3.63, 3.8) is 0 Å². The fraction of sp³-hybridized carbons (Fsp3) is 0.533. The van der Waals surface area contributed by atoms with Gasteiger partial charge in [-0.05, 0) is 43.4 Å². The first kappa shape index (κ1) is 17.6. The minimum atomic E-state index is -3.59. The predicted molar refractivity (Wildman–Crippen MR) is 85.1 cm³/mol. The van der Waals surface area contributed by atoms with Crippen LogP contribution in [0.5, 0.6) is 5.75 Å². The Bertz CT molecular complexity index is 654. The molecule has 1 saturated carbocycles. The van der Waals surface area contributed by atoms with Crippen molar-refractivity contribution in [1.82, 2.24) is 0 Å². The summed E-state index contributed by atoms with van der Waals surface area (Å²) >= 11 is 0. The second kappa shape index (κ2) is 7.65. The van der Waals surface area contributed by atoms with Gasteiger partial charge in [0.15, 0.2) is 0 Å². The molecule has 23 heavy (non-hydrogen) atoms. The first-order valence-electron chi connectivity index (χ1n) is 7.41. The Morgan fingerprint density at radius 2 is 2.13 bits per heavy atom. The highest BCUT2D eigenvalue weighted by atomic mass is 32.2. The molecule has 0 atom stereocenters. The Kier molecular flexibility index (Phi) is 5.84. The van der Waals surface area contributed by atoms with E-state index in [4.69, 9.17) is 9.84 Å². The molecule has 1 aliphatic rings. The molecule has 0 unspecified atom stereocenters. The molecule has 0 amide bonds. The molecule has 8 heteroatoms. The average Bonchev–Trinajstić information content (AvgIpc) is 3.35. The molecule has 2 rings (SSSR count). The summed E-state index contributed by atoms with van der Waals surface area (Å²) in [5.74, 6) is 0.0728. The molecule has 0 aliphatic heterocycles. The van der Waals surface area contributed by atoms with Crippen LogP contribution in [0.3, 0.4) is 0 Å². The molecule has 1 aromatic carbocycles. The van der Waals surface area contributed by atoms with Gasteiger partial charge in [-0.15, -0.1) is 0 Å². The molecule has 0 radical (unpaired) electrons. The van der Waals surface area contributed by atoms with Crippen LogP contribution in [0.1, 0.15) is 29.6 Å². The second-order valence-corrected chi connectivity index (χ2v) is 7.30. The van der Waals surface area contributed by atoms with Gasteiger partial charge in [-0.25, -0.2) is 13.2 Å². The van der Waals surface area contributed by atoms with Crippen LogP contribution >= 0.6 is 0 Å². The first-order valence-corrected chi connectivity index (χ1v) is 9.07. The summed E-state index contributed by atoms with van der Waals surface area (Å²) in [7, 11) is -2.31. The Balaban J connectivity index is 2.19. The van der Waals surface area contributed by atoms with E-state index in [9.17, 15) is 13.2 Å². The quantitative estimate of drug-likeness (QED) is 0.657.